The molecular formula is C10H8BrF3N4. The smallest absolute Gasteiger partial charge is 0.383 e. The summed E-state index contributed by atoms with van der Waals surface area (Å²) in [5, 5.41) is 3.83. The van der Waals surface area contributed by atoms with Crippen LogP contribution in [-0.4, -0.2) is 14.8 Å². The van der Waals surface area contributed by atoms with Gasteiger partial charge in [0.05, 0.1) is 21.9 Å². The van der Waals surface area contributed by atoms with Crippen molar-refractivity contribution in [1.82, 2.24) is 14.8 Å². The van der Waals surface area contributed by atoms with Crippen molar-refractivity contribution >= 4 is 21.7 Å². The summed E-state index contributed by atoms with van der Waals surface area (Å²) in [7, 11) is 1.61. The largest absolute Gasteiger partial charge is 0.418 e. The van der Waals surface area contributed by atoms with Gasteiger partial charge in [-0.05, 0) is 22.0 Å². The monoisotopic (exact) mass is 320 g/mol. The van der Waals surface area contributed by atoms with Gasteiger partial charge in [-0.15, -0.1) is 0 Å². The van der Waals surface area contributed by atoms with Gasteiger partial charge in [0.25, 0.3) is 0 Å². The van der Waals surface area contributed by atoms with Crippen LogP contribution in [0.1, 0.15) is 5.56 Å². The maximum Gasteiger partial charge on any atom is 0.418 e. The van der Waals surface area contributed by atoms with E-state index in [-0.39, 0.29) is 21.5 Å². The summed E-state index contributed by atoms with van der Waals surface area (Å²) in [6.45, 7) is 0. The van der Waals surface area contributed by atoms with Crippen molar-refractivity contribution in [2.45, 2.75) is 6.18 Å². The quantitative estimate of drug-likeness (QED) is 0.879. The van der Waals surface area contributed by atoms with E-state index >= 15 is 0 Å². The van der Waals surface area contributed by atoms with Crippen LogP contribution in [-0.2, 0) is 13.2 Å². The molecule has 0 saturated carbocycles. The highest BCUT2D eigenvalue weighted by Crippen LogP contribution is 2.38. The average molecular weight is 321 g/mol. The standard InChI is InChI=1S/C10H8BrF3N4/c1-18-4-5(3-16-18)8-6(10(12,13)14)2-7(11)9(15)17-8/h2-4H,1H3,(H2,15,17). The van der Waals surface area contributed by atoms with Gasteiger partial charge >= 0.3 is 6.18 Å². The van der Waals surface area contributed by atoms with Gasteiger partial charge in [-0.2, -0.15) is 18.3 Å². The van der Waals surface area contributed by atoms with Gasteiger partial charge in [0.15, 0.2) is 0 Å². The molecule has 96 valence electrons. The molecule has 2 heterocycles. The number of hydrogen-bond acceptors (Lipinski definition) is 3. The second-order valence-corrected chi connectivity index (χ2v) is 4.51. The summed E-state index contributed by atoms with van der Waals surface area (Å²) in [6.07, 6.45) is -1.75. The Hall–Kier alpha value is -1.57. The highest BCUT2D eigenvalue weighted by Gasteiger charge is 2.35. The topological polar surface area (TPSA) is 56.7 Å². The second-order valence-electron chi connectivity index (χ2n) is 3.65. The SMILES string of the molecule is Cn1cc(-c2nc(N)c(Br)cc2C(F)(F)F)cn1. The molecule has 0 bridgehead atoms. The third kappa shape index (κ3) is 2.33. The Balaban J connectivity index is 2.69. The molecule has 0 atom stereocenters. The molecule has 2 N–H and O–H groups in total. The van der Waals surface area contributed by atoms with E-state index in [1.165, 1.54) is 17.1 Å². The van der Waals surface area contributed by atoms with Crippen LogP contribution < -0.4 is 5.73 Å². The number of nitrogens with two attached hydrogens (primary N) is 1. The lowest BCUT2D eigenvalue weighted by Crippen LogP contribution is -2.10. The average Bonchev–Trinajstić information content (AvgIpc) is 2.67. The lowest BCUT2D eigenvalue weighted by molar-refractivity contribution is -0.137. The van der Waals surface area contributed by atoms with Crippen LogP contribution >= 0.6 is 15.9 Å². The first-order valence-electron chi connectivity index (χ1n) is 4.81. The molecule has 4 nitrogen and oxygen atoms in total. The summed E-state index contributed by atoms with van der Waals surface area (Å²) in [6, 6.07) is 0.921. The highest BCUT2D eigenvalue weighted by molar-refractivity contribution is 9.10. The molecule has 0 aliphatic heterocycles. The van der Waals surface area contributed by atoms with E-state index in [0.717, 1.165) is 6.07 Å². The van der Waals surface area contributed by atoms with Crippen molar-refractivity contribution < 1.29 is 13.2 Å². The fraction of sp³-hybridized carbons (Fsp3) is 0.200. The third-order valence-electron chi connectivity index (χ3n) is 2.29. The minimum absolute atomic E-state index is 0.00172. The molecule has 2 aromatic rings. The van der Waals surface area contributed by atoms with Crippen molar-refractivity contribution in [3.8, 4) is 11.3 Å². The van der Waals surface area contributed by atoms with Crippen LogP contribution in [0.25, 0.3) is 11.3 Å². The zero-order chi connectivity index (χ0) is 13.5. The van der Waals surface area contributed by atoms with Gasteiger partial charge in [0.1, 0.15) is 5.82 Å². The summed E-state index contributed by atoms with van der Waals surface area (Å²) in [4.78, 5) is 3.78. The number of anilines is 1. The Morgan fingerprint density at radius 3 is 2.56 bits per heavy atom. The lowest BCUT2D eigenvalue weighted by Gasteiger charge is -2.12. The van der Waals surface area contributed by atoms with E-state index in [4.69, 9.17) is 5.73 Å². The molecule has 8 heteroatoms. The number of rotatable bonds is 1. The molecule has 0 aliphatic rings. The summed E-state index contributed by atoms with van der Waals surface area (Å²) < 4.78 is 40.3. The minimum atomic E-state index is -4.51. The molecule has 0 fully saturated rings. The first-order valence-corrected chi connectivity index (χ1v) is 5.60. The van der Waals surface area contributed by atoms with Gasteiger partial charge in [-0.1, -0.05) is 0 Å². The predicted molar refractivity (Wildman–Crippen MR) is 63.6 cm³/mol. The van der Waals surface area contributed by atoms with E-state index < -0.39 is 11.7 Å². The number of pyridine rings is 1. The molecule has 0 aromatic carbocycles. The maximum atomic E-state index is 12.9. The molecule has 0 amide bonds. The first-order chi connectivity index (χ1) is 8.29. The zero-order valence-corrected chi connectivity index (χ0v) is 10.7. The molecule has 2 rings (SSSR count). The van der Waals surface area contributed by atoms with E-state index in [1.54, 1.807) is 7.05 Å². The number of nitrogen functional groups attached to an aromatic ring is 1. The highest BCUT2D eigenvalue weighted by atomic mass is 79.9. The Labute approximate surface area is 109 Å². The number of hydrogen-bond donors (Lipinski definition) is 1. The second kappa shape index (κ2) is 4.27. The lowest BCUT2D eigenvalue weighted by atomic mass is 10.1. The first kappa shape index (κ1) is 12.9. The van der Waals surface area contributed by atoms with Crippen molar-refractivity contribution in [2.24, 2.45) is 7.05 Å². The van der Waals surface area contributed by atoms with Crippen molar-refractivity contribution in [1.29, 1.82) is 0 Å². The number of nitrogens with zero attached hydrogens (tertiary/aromatic N) is 3. The molecular weight excluding hydrogens is 313 g/mol. The van der Waals surface area contributed by atoms with Crippen LogP contribution in [0.5, 0.6) is 0 Å². The number of alkyl halides is 3. The third-order valence-corrected chi connectivity index (χ3v) is 2.92. The van der Waals surface area contributed by atoms with Gasteiger partial charge in [-0.25, -0.2) is 4.98 Å². The normalized spacial score (nSPS) is 11.8. The summed E-state index contributed by atoms with van der Waals surface area (Å²) in [5.41, 5.74) is 4.72. The van der Waals surface area contributed by atoms with Crippen LogP contribution in [0.2, 0.25) is 0 Å². The van der Waals surface area contributed by atoms with Crippen LogP contribution in [0.4, 0.5) is 19.0 Å². The number of halogens is 4. The number of aryl methyl sites for hydroxylation is 1. The zero-order valence-electron chi connectivity index (χ0n) is 9.16. The molecule has 0 unspecified atom stereocenters. The minimum Gasteiger partial charge on any atom is -0.383 e. The molecule has 0 aliphatic carbocycles. The van der Waals surface area contributed by atoms with Crippen molar-refractivity contribution in [2.75, 3.05) is 5.73 Å². The summed E-state index contributed by atoms with van der Waals surface area (Å²) in [5.74, 6) is 0.00172. The van der Waals surface area contributed by atoms with Gasteiger partial charge in [0, 0.05) is 18.8 Å². The van der Waals surface area contributed by atoms with Crippen LogP contribution in [0.3, 0.4) is 0 Å². The molecule has 0 radical (unpaired) electrons. The van der Waals surface area contributed by atoms with Crippen molar-refractivity contribution in [3.63, 3.8) is 0 Å². The Morgan fingerprint density at radius 2 is 2.06 bits per heavy atom. The molecule has 0 spiro atoms. The van der Waals surface area contributed by atoms with E-state index in [2.05, 4.69) is 26.0 Å². The molecule has 18 heavy (non-hydrogen) atoms. The van der Waals surface area contributed by atoms with Crippen LogP contribution in [0, 0.1) is 0 Å². The fourth-order valence-electron chi connectivity index (χ4n) is 1.48. The Bertz CT molecular complexity index is 591. The van der Waals surface area contributed by atoms with E-state index in [1.807, 2.05) is 0 Å². The predicted octanol–water partition coefficient (Wildman–Crippen LogP) is 2.85. The van der Waals surface area contributed by atoms with Gasteiger partial charge < -0.3 is 5.73 Å². The van der Waals surface area contributed by atoms with E-state index in [9.17, 15) is 13.2 Å². The Morgan fingerprint density at radius 1 is 1.39 bits per heavy atom. The number of aromatic nitrogens is 3. The van der Waals surface area contributed by atoms with Gasteiger partial charge in [0.2, 0.25) is 0 Å². The fourth-order valence-corrected chi connectivity index (χ4v) is 1.80. The summed E-state index contributed by atoms with van der Waals surface area (Å²) >= 11 is 2.94. The van der Waals surface area contributed by atoms with Gasteiger partial charge in [-0.3, -0.25) is 4.68 Å². The van der Waals surface area contributed by atoms with Crippen molar-refractivity contribution in [3.05, 3.63) is 28.5 Å². The van der Waals surface area contributed by atoms with E-state index in [0.29, 0.717) is 0 Å². The molecule has 2 aromatic heterocycles. The Kier molecular flexibility index (Phi) is 3.05. The molecule has 0 saturated heterocycles. The maximum absolute atomic E-state index is 12.9. The van der Waals surface area contributed by atoms with Crippen LogP contribution in [0.15, 0.2) is 22.9 Å².